The monoisotopic (exact) mass is 304 g/mol. The molecule has 0 saturated carbocycles. The highest BCUT2D eigenvalue weighted by Crippen LogP contribution is 2.17. The lowest BCUT2D eigenvalue weighted by molar-refractivity contribution is -0.499. The zero-order valence-corrected chi connectivity index (χ0v) is 12.0. The third-order valence-corrected chi connectivity index (χ3v) is 2.75. The van der Waals surface area contributed by atoms with Gasteiger partial charge in [-0.3, -0.25) is 0 Å². The van der Waals surface area contributed by atoms with Gasteiger partial charge in [-0.1, -0.05) is 24.3 Å². The van der Waals surface area contributed by atoms with Gasteiger partial charge in [0, 0.05) is 0 Å². The minimum absolute atomic E-state index is 0.149. The van der Waals surface area contributed by atoms with Gasteiger partial charge in [0.05, 0.1) is 5.56 Å². The van der Waals surface area contributed by atoms with Crippen molar-refractivity contribution in [2.24, 2.45) is 5.73 Å². The van der Waals surface area contributed by atoms with Crippen LogP contribution in [-0.4, -0.2) is 11.3 Å². The van der Waals surface area contributed by atoms with E-state index in [0.717, 1.165) is 11.1 Å². The highest BCUT2D eigenvalue weighted by Gasteiger charge is 2.04. The van der Waals surface area contributed by atoms with Crippen molar-refractivity contribution in [2.75, 3.05) is 0 Å². The van der Waals surface area contributed by atoms with Gasteiger partial charge in [-0.25, -0.2) is 4.39 Å². The van der Waals surface area contributed by atoms with E-state index >= 15 is 0 Å². The molecule has 0 amide bonds. The molecule has 4 N–H and O–H groups in total. The van der Waals surface area contributed by atoms with Crippen LogP contribution in [-0.2, 0) is 6.61 Å². The Bertz CT molecular complexity index is 644. The van der Waals surface area contributed by atoms with Crippen LogP contribution in [0.4, 0.5) is 4.39 Å². The van der Waals surface area contributed by atoms with E-state index in [1.54, 1.807) is 18.3 Å². The summed E-state index contributed by atoms with van der Waals surface area (Å²) in [6.07, 6.45) is 1.69. The van der Waals surface area contributed by atoms with Crippen molar-refractivity contribution in [2.45, 2.75) is 6.61 Å². The first kappa shape index (κ1) is 14.9. The largest absolute Gasteiger partial charge is 0.488 e. The van der Waals surface area contributed by atoms with Gasteiger partial charge in [-0.05, 0) is 42.0 Å². The van der Waals surface area contributed by atoms with E-state index in [0.29, 0.717) is 12.4 Å². The quantitative estimate of drug-likeness (QED) is 0.431. The van der Waals surface area contributed by atoms with Crippen molar-refractivity contribution in [3.05, 3.63) is 65.5 Å². The van der Waals surface area contributed by atoms with Crippen LogP contribution in [0.1, 0.15) is 11.1 Å². The number of nitrogens with two attached hydrogens (primary N) is 1. The average Bonchev–Trinajstić information content (AvgIpc) is 2.47. The van der Waals surface area contributed by atoms with Gasteiger partial charge in [0.25, 0.3) is 0 Å². The maximum atomic E-state index is 12.8. The predicted molar refractivity (Wildman–Crippen MR) is 83.2 cm³/mol. The molecule has 0 aromatic heterocycles. The van der Waals surface area contributed by atoms with Crippen molar-refractivity contribution < 1.29 is 14.2 Å². The van der Waals surface area contributed by atoms with E-state index in [1.165, 1.54) is 12.1 Å². The minimum Gasteiger partial charge on any atom is -0.488 e. The molecule has 108 valence electrons. The fourth-order valence-corrected chi connectivity index (χ4v) is 1.72. The Kier molecular flexibility index (Phi) is 5.22. The third kappa shape index (κ3) is 4.85. The summed E-state index contributed by atoms with van der Waals surface area (Å²) < 4.78 is 18.6. The number of hydrazine groups is 1. The number of nitrogens with one attached hydrogen (secondary N) is 2. The molecule has 0 heterocycles. The predicted octanol–water partition coefficient (Wildman–Crippen LogP) is 0.652. The fraction of sp³-hybridized carbons (Fsp3) is 0.0667. The van der Waals surface area contributed by atoms with Crippen LogP contribution in [0, 0.1) is 5.82 Å². The van der Waals surface area contributed by atoms with E-state index in [4.69, 9.17) is 22.7 Å². The van der Waals surface area contributed by atoms with Gasteiger partial charge >= 0.3 is 0 Å². The molecule has 2 aromatic rings. The number of hydrazone groups is 1. The SMILES string of the molecule is NC(=S)N[NH+]=Cc1ccccc1OCc1ccc(F)cc1. The number of rotatable bonds is 5. The summed E-state index contributed by atoms with van der Waals surface area (Å²) in [6, 6.07) is 13.7. The maximum Gasteiger partial charge on any atom is 0.221 e. The van der Waals surface area contributed by atoms with E-state index in [-0.39, 0.29) is 10.9 Å². The second kappa shape index (κ2) is 7.35. The van der Waals surface area contributed by atoms with Crippen molar-refractivity contribution >= 4 is 23.5 Å². The molecule has 0 aliphatic rings. The van der Waals surface area contributed by atoms with Crippen LogP contribution >= 0.6 is 12.2 Å². The van der Waals surface area contributed by atoms with Gasteiger partial charge < -0.3 is 10.5 Å². The van der Waals surface area contributed by atoms with Crippen molar-refractivity contribution in [3.8, 4) is 5.75 Å². The molecule has 2 aromatic carbocycles. The number of hydrogen-bond acceptors (Lipinski definition) is 2. The van der Waals surface area contributed by atoms with Gasteiger partial charge in [-0.15, -0.1) is 10.5 Å². The van der Waals surface area contributed by atoms with Crippen LogP contribution < -0.4 is 21.0 Å². The zero-order valence-electron chi connectivity index (χ0n) is 11.2. The fourth-order valence-electron chi connectivity index (χ4n) is 1.66. The Morgan fingerprint density at radius 3 is 2.67 bits per heavy atom. The molecule has 0 saturated heterocycles. The molecule has 0 fully saturated rings. The lowest BCUT2D eigenvalue weighted by atomic mass is 10.2. The molecule has 0 spiro atoms. The van der Waals surface area contributed by atoms with E-state index < -0.39 is 0 Å². The standard InChI is InChI=1S/C15H14FN3OS/c16-13-7-5-11(6-8-13)10-20-14-4-2-1-3-12(14)9-18-19-15(17)21/h1-9H,10H2,(H3,17,19,21)/p+1. The molecule has 0 aliphatic carbocycles. The van der Waals surface area contributed by atoms with Crippen LogP contribution in [0.3, 0.4) is 0 Å². The van der Waals surface area contributed by atoms with E-state index in [1.807, 2.05) is 24.3 Å². The summed E-state index contributed by atoms with van der Waals surface area (Å²) >= 11 is 4.69. The maximum absolute atomic E-state index is 12.8. The Morgan fingerprint density at radius 2 is 1.95 bits per heavy atom. The average molecular weight is 304 g/mol. The number of benzene rings is 2. The second-order valence-corrected chi connectivity index (χ2v) is 4.67. The first-order chi connectivity index (χ1) is 10.1. The lowest BCUT2D eigenvalue weighted by Gasteiger charge is -2.07. The van der Waals surface area contributed by atoms with Crippen LogP contribution in [0.2, 0.25) is 0 Å². The number of halogens is 1. The molecule has 0 atom stereocenters. The normalized spacial score (nSPS) is 10.5. The summed E-state index contributed by atoms with van der Waals surface area (Å²) in [6.45, 7) is 0.355. The second-order valence-electron chi connectivity index (χ2n) is 4.23. The molecular formula is C15H15FN3OS+. The van der Waals surface area contributed by atoms with Crippen LogP contribution in [0.15, 0.2) is 48.5 Å². The number of thiocarbonyl (C=S) groups is 1. The van der Waals surface area contributed by atoms with Crippen molar-refractivity contribution in [3.63, 3.8) is 0 Å². The molecule has 0 aliphatic heterocycles. The Balaban J connectivity index is 2.04. The molecule has 0 radical (unpaired) electrons. The van der Waals surface area contributed by atoms with Gasteiger partial charge in [0.15, 0.2) is 0 Å². The molecule has 0 unspecified atom stereocenters. The summed E-state index contributed by atoms with van der Waals surface area (Å²) in [5.74, 6) is 0.430. The van der Waals surface area contributed by atoms with Crippen LogP contribution in [0.5, 0.6) is 5.75 Å². The van der Waals surface area contributed by atoms with E-state index in [9.17, 15) is 4.39 Å². The number of ether oxygens (including phenoxy) is 1. The van der Waals surface area contributed by atoms with E-state index in [2.05, 4.69) is 10.5 Å². The number of hydrogen-bond donors (Lipinski definition) is 3. The summed E-state index contributed by atoms with van der Waals surface area (Å²) in [5, 5.41) is 2.93. The zero-order chi connectivity index (χ0) is 15.1. The van der Waals surface area contributed by atoms with Crippen molar-refractivity contribution in [1.29, 1.82) is 0 Å². The molecule has 4 nitrogen and oxygen atoms in total. The van der Waals surface area contributed by atoms with Crippen molar-refractivity contribution in [1.82, 2.24) is 5.43 Å². The highest BCUT2D eigenvalue weighted by molar-refractivity contribution is 7.80. The Morgan fingerprint density at radius 1 is 1.24 bits per heavy atom. The Labute approximate surface area is 127 Å². The topological polar surface area (TPSA) is 61.2 Å². The van der Waals surface area contributed by atoms with Crippen LogP contribution in [0.25, 0.3) is 0 Å². The van der Waals surface area contributed by atoms with Gasteiger partial charge in [-0.2, -0.15) is 0 Å². The lowest BCUT2D eigenvalue weighted by Crippen LogP contribution is -2.82. The summed E-state index contributed by atoms with van der Waals surface area (Å²) in [7, 11) is 0. The summed E-state index contributed by atoms with van der Waals surface area (Å²) in [5.41, 5.74) is 9.65. The smallest absolute Gasteiger partial charge is 0.221 e. The first-order valence-corrected chi connectivity index (χ1v) is 6.66. The Hall–Kier alpha value is -2.47. The summed E-state index contributed by atoms with van der Waals surface area (Å²) in [4.78, 5) is 0. The molecule has 21 heavy (non-hydrogen) atoms. The number of para-hydroxylation sites is 1. The minimum atomic E-state index is -0.263. The molecule has 0 bridgehead atoms. The van der Waals surface area contributed by atoms with Gasteiger partial charge in [0.2, 0.25) is 11.3 Å². The highest BCUT2D eigenvalue weighted by atomic mass is 32.1. The molecule has 6 heteroatoms. The van der Waals surface area contributed by atoms with Gasteiger partial charge in [0.1, 0.15) is 18.2 Å². The molecule has 2 rings (SSSR count). The molecular weight excluding hydrogens is 289 g/mol. The first-order valence-electron chi connectivity index (χ1n) is 6.25. The third-order valence-electron chi connectivity index (χ3n) is 2.65.